The number of hydrogen-bond donors (Lipinski definition) is 1. The summed E-state index contributed by atoms with van der Waals surface area (Å²) >= 11 is 0. The van der Waals surface area contributed by atoms with Crippen LogP contribution < -0.4 is 10.1 Å². The molecule has 1 aromatic rings. The van der Waals surface area contributed by atoms with Gasteiger partial charge in [-0.25, -0.2) is 0 Å². The van der Waals surface area contributed by atoms with Gasteiger partial charge in [-0.05, 0) is 50.3 Å². The predicted octanol–water partition coefficient (Wildman–Crippen LogP) is 2.92. The maximum atomic E-state index is 12.6. The van der Waals surface area contributed by atoms with Crippen LogP contribution in [-0.2, 0) is 16.0 Å². The molecule has 2 aliphatic heterocycles. The molecule has 0 bridgehead atoms. The molecule has 0 radical (unpaired) electrons. The van der Waals surface area contributed by atoms with Gasteiger partial charge in [0, 0.05) is 45.9 Å². The fourth-order valence-electron chi connectivity index (χ4n) is 3.84. The van der Waals surface area contributed by atoms with Gasteiger partial charge in [0.05, 0.1) is 6.61 Å². The van der Waals surface area contributed by atoms with E-state index in [2.05, 4.69) is 36.2 Å². The van der Waals surface area contributed by atoms with E-state index >= 15 is 0 Å². The van der Waals surface area contributed by atoms with E-state index in [1.807, 2.05) is 17.0 Å². The number of benzene rings is 1. The van der Waals surface area contributed by atoms with Crippen LogP contribution in [0.4, 0.5) is 0 Å². The molecule has 2 aliphatic rings. The highest BCUT2D eigenvalue weighted by Gasteiger charge is 2.30. The van der Waals surface area contributed by atoms with Crippen LogP contribution in [0.15, 0.2) is 29.3 Å². The highest BCUT2D eigenvalue weighted by Crippen LogP contribution is 2.16. The van der Waals surface area contributed by atoms with Crippen molar-refractivity contribution in [3.8, 4) is 5.75 Å². The second kappa shape index (κ2) is 13.8. The van der Waals surface area contributed by atoms with Gasteiger partial charge in [0.2, 0.25) is 0 Å². The summed E-state index contributed by atoms with van der Waals surface area (Å²) < 4.78 is 11.3. The summed E-state index contributed by atoms with van der Waals surface area (Å²) in [6.45, 7) is 10.2. The van der Waals surface area contributed by atoms with E-state index in [1.165, 1.54) is 5.56 Å². The summed E-state index contributed by atoms with van der Waals surface area (Å²) in [5.74, 6) is 2.01. The number of ether oxygens (including phenoxy) is 2. The first-order valence-corrected chi connectivity index (χ1v) is 11.4. The predicted molar refractivity (Wildman–Crippen MR) is 134 cm³/mol. The molecule has 1 N–H and O–H groups in total. The van der Waals surface area contributed by atoms with Gasteiger partial charge in [0.25, 0.3) is 5.91 Å². The molecule has 1 unspecified atom stereocenters. The van der Waals surface area contributed by atoms with Gasteiger partial charge in [0.15, 0.2) is 5.96 Å². The Kier molecular flexibility index (Phi) is 11.4. The highest BCUT2D eigenvalue weighted by molar-refractivity contribution is 14.0. The zero-order valence-electron chi connectivity index (χ0n) is 18.8. The van der Waals surface area contributed by atoms with Crippen molar-refractivity contribution >= 4 is 35.8 Å². The van der Waals surface area contributed by atoms with Gasteiger partial charge < -0.3 is 24.6 Å². The molecule has 31 heavy (non-hydrogen) atoms. The van der Waals surface area contributed by atoms with Gasteiger partial charge in [-0.1, -0.05) is 19.1 Å². The molecule has 0 aliphatic carbocycles. The van der Waals surface area contributed by atoms with Crippen LogP contribution in [0.25, 0.3) is 0 Å². The molecule has 2 fully saturated rings. The second-order valence-electron chi connectivity index (χ2n) is 7.80. The van der Waals surface area contributed by atoms with Crippen molar-refractivity contribution < 1.29 is 14.3 Å². The molecule has 0 saturated carbocycles. The average molecular weight is 544 g/mol. The molecule has 1 atom stereocenters. The van der Waals surface area contributed by atoms with Crippen molar-refractivity contribution in [2.45, 2.75) is 45.6 Å². The lowest BCUT2D eigenvalue weighted by molar-refractivity contribution is -0.142. The quantitative estimate of drug-likeness (QED) is 0.310. The van der Waals surface area contributed by atoms with Gasteiger partial charge in [0.1, 0.15) is 11.9 Å². The number of rotatable bonds is 8. The summed E-state index contributed by atoms with van der Waals surface area (Å²) in [7, 11) is 0. The van der Waals surface area contributed by atoms with E-state index in [1.54, 1.807) is 0 Å². The molecule has 0 spiro atoms. The van der Waals surface area contributed by atoms with Crippen LogP contribution in [0, 0.1) is 0 Å². The lowest BCUT2D eigenvalue weighted by atomic mass is 10.1. The number of piperazine rings is 1. The molecular weight excluding hydrogens is 507 g/mol. The molecule has 1 aromatic carbocycles. The van der Waals surface area contributed by atoms with Crippen LogP contribution >= 0.6 is 24.0 Å². The maximum absolute atomic E-state index is 12.6. The minimum atomic E-state index is -0.226. The topological polar surface area (TPSA) is 66.4 Å². The Bertz CT molecular complexity index is 702. The van der Waals surface area contributed by atoms with Crippen LogP contribution in [0.2, 0.25) is 0 Å². The van der Waals surface area contributed by atoms with Crippen molar-refractivity contribution in [1.29, 1.82) is 0 Å². The molecule has 0 aromatic heterocycles. The van der Waals surface area contributed by atoms with Crippen molar-refractivity contribution in [1.82, 2.24) is 15.1 Å². The molecule has 8 heteroatoms. The first-order valence-electron chi connectivity index (χ1n) is 11.4. The van der Waals surface area contributed by atoms with Crippen LogP contribution in [0.5, 0.6) is 5.75 Å². The third-order valence-corrected chi connectivity index (χ3v) is 5.46. The molecule has 1 amide bonds. The Balaban J connectivity index is 0.00000341. The number of amides is 1. The fraction of sp³-hybridized carbons (Fsp3) is 0.652. The zero-order valence-corrected chi connectivity index (χ0v) is 21.2. The minimum absolute atomic E-state index is 0. The number of carbonyl (C=O) groups is 1. The Labute approximate surface area is 203 Å². The number of halogens is 1. The lowest BCUT2D eigenvalue weighted by Crippen LogP contribution is -2.55. The first-order chi connectivity index (χ1) is 14.7. The highest BCUT2D eigenvalue weighted by atomic mass is 127. The zero-order chi connectivity index (χ0) is 21.2. The molecule has 2 heterocycles. The monoisotopic (exact) mass is 544 g/mol. The van der Waals surface area contributed by atoms with Gasteiger partial charge >= 0.3 is 0 Å². The van der Waals surface area contributed by atoms with Crippen LogP contribution in [0.1, 0.15) is 38.7 Å². The van der Waals surface area contributed by atoms with E-state index in [-0.39, 0.29) is 36.0 Å². The summed E-state index contributed by atoms with van der Waals surface area (Å²) in [5, 5.41) is 3.40. The summed E-state index contributed by atoms with van der Waals surface area (Å²) in [5.41, 5.74) is 1.23. The van der Waals surface area contributed by atoms with Crippen molar-refractivity contribution in [3.63, 3.8) is 0 Å². The maximum Gasteiger partial charge on any atom is 0.251 e. The van der Waals surface area contributed by atoms with Gasteiger partial charge in [-0.15, -0.1) is 24.0 Å². The SMILES string of the molecule is CCCOc1cccc(CCN=C(NCC)N2CCN(C(=O)C3CCCO3)CC2)c1.I. The first kappa shape index (κ1) is 25.7. The van der Waals surface area contributed by atoms with Crippen molar-refractivity contribution in [3.05, 3.63) is 29.8 Å². The number of aliphatic imine (C=N–C) groups is 1. The van der Waals surface area contributed by atoms with Crippen LogP contribution in [0.3, 0.4) is 0 Å². The lowest BCUT2D eigenvalue weighted by Gasteiger charge is -2.37. The van der Waals surface area contributed by atoms with E-state index in [0.29, 0.717) is 13.2 Å². The third kappa shape index (κ3) is 7.82. The fourth-order valence-corrected chi connectivity index (χ4v) is 3.84. The van der Waals surface area contributed by atoms with E-state index < -0.39 is 0 Å². The molecule has 7 nitrogen and oxygen atoms in total. The van der Waals surface area contributed by atoms with Gasteiger partial charge in [-0.2, -0.15) is 0 Å². The third-order valence-electron chi connectivity index (χ3n) is 5.46. The molecule has 3 rings (SSSR count). The van der Waals surface area contributed by atoms with Crippen molar-refractivity contribution in [2.24, 2.45) is 4.99 Å². The number of nitrogens with one attached hydrogen (secondary N) is 1. The standard InChI is InChI=1S/C23H36N4O3.HI/c1-3-16-29-20-8-5-7-19(18-20)10-11-25-23(24-4-2)27-14-12-26(13-15-27)22(28)21-9-6-17-30-21;/h5,7-8,18,21H,3-4,6,9-17H2,1-2H3,(H,24,25);1H. The Morgan fingerprint density at radius 3 is 2.68 bits per heavy atom. The number of nitrogens with zero attached hydrogens (tertiary/aromatic N) is 3. The molecule has 2 saturated heterocycles. The smallest absolute Gasteiger partial charge is 0.251 e. The van der Waals surface area contributed by atoms with Crippen molar-refractivity contribution in [2.75, 3.05) is 52.5 Å². The second-order valence-corrected chi connectivity index (χ2v) is 7.80. The number of hydrogen-bond acceptors (Lipinski definition) is 4. The molecular formula is C23H37IN4O3. The van der Waals surface area contributed by atoms with E-state index in [0.717, 1.165) is 76.7 Å². The average Bonchev–Trinajstić information content (AvgIpc) is 3.32. The number of guanidine groups is 1. The van der Waals surface area contributed by atoms with E-state index in [9.17, 15) is 4.79 Å². The van der Waals surface area contributed by atoms with Gasteiger partial charge in [-0.3, -0.25) is 9.79 Å². The number of carbonyl (C=O) groups excluding carboxylic acids is 1. The Hall–Kier alpha value is -1.55. The minimum Gasteiger partial charge on any atom is -0.494 e. The summed E-state index contributed by atoms with van der Waals surface area (Å²) in [6, 6.07) is 8.27. The summed E-state index contributed by atoms with van der Waals surface area (Å²) in [6.07, 6.45) is 3.49. The Morgan fingerprint density at radius 2 is 2.00 bits per heavy atom. The molecule has 174 valence electrons. The summed E-state index contributed by atoms with van der Waals surface area (Å²) in [4.78, 5) is 21.6. The Morgan fingerprint density at radius 1 is 1.23 bits per heavy atom. The normalized spacial score (nSPS) is 19.2. The van der Waals surface area contributed by atoms with Crippen LogP contribution in [-0.4, -0.2) is 80.3 Å². The largest absolute Gasteiger partial charge is 0.494 e. The van der Waals surface area contributed by atoms with E-state index in [4.69, 9.17) is 14.5 Å².